The Labute approximate surface area is 195 Å². The third kappa shape index (κ3) is 3.71. The highest BCUT2D eigenvalue weighted by Gasteiger charge is 2.33. The van der Waals surface area contributed by atoms with Gasteiger partial charge >= 0.3 is 6.03 Å². The molecule has 3 aromatic rings. The number of carbonyl (C=O) groups excluding carboxylic acids is 2. The van der Waals surface area contributed by atoms with Crippen molar-refractivity contribution in [3.63, 3.8) is 0 Å². The lowest BCUT2D eigenvalue weighted by Crippen LogP contribution is -2.45. The summed E-state index contributed by atoms with van der Waals surface area (Å²) in [6.07, 6.45) is 7.38. The number of carbonyl (C=O) groups is 2. The van der Waals surface area contributed by atoms with Crippen molar-refractivity contribution in [2.75, 3.05) is 23.3 Å². The highest BCUT2D eigenvalue weighted by atomic mass is 32.1. The number of nitrogens with zero attached hydrogens (tertiary/aromatic N) is 2. The van der Waals surface area contributed by atoms with Crippen molar-refractivity contribution in [1.29, 1.82) is 0 Å². The average Bonchev–Trinajstić information content (AvgIpc) is 3.17. The first kappa shape index (κ1) is 20.4. The average molecular weight is 464 g/mol. The molecule has 3 N–H and O–H groups in total. The van der Waals surface area contributed by atoms with Crippen LogP contribution in [0.4, 0.5) is 21.9 Å². The minimum atomic E-state index is -0.297. The number of benzene rings is 1. The van der Waals surface area contributed by atoms with E-state index in [9.17, 15) is 9.59 Å². The van der Waals surface area contributed by atoms with Gasteiger partial charge in [0.05, 0.1) is 28.6 Å². The molecule has 9 heteroatoms. The van der Waals surface area contributed by atoms with Crippen molar-refractivity contribution < 1.29 is 14.3 Å². The van der Waals surface area contributed by atoms with E-state index in [1.54, 1.807) is 11.1 Å². The number of anilines is 3. The molecule has 1 aliphatic carbocycles. The quantitative estimate of drug-likeness (QED) is 0.522. The van der Waals surface area contributed by atoms with Crippen molar-refractivity contribution in [3.05, 3.63) is 41.4 Å². The summed E-state index contributed by atoms with van der Waals surface area (Å²) in [6, 6.07) is 9.20. The fourth-order valence-corrected chi connectivity index (χ4v) is 5.60. The number of rotatable bonds is 5. The molecule has 2 fully saturated rings. The molecule has 0 bridgehead atoms. The fourth-order valence-electron chi connectivity index (χ4n) is 4.58. The summed E-state index contributed by atoms with van der Waals surface area (Å²) in [4.78, 5) is 33.6. The van der Waals surface area contributed by atoms with Gasteiger partial charge in [0.25, 0.3) is 5.91 Å². The molecule has 6 rings (SSSR count). The number of ether oxygens (including phenoxy) is 1. The van der Waals surface area contributed by atoms with E-state index in [-0.39, 0.29) is 18.0 Å². The number of urea groups is 1. The standard InChI is InChI=1S/C24H25N5O3S/c30-22(27-14-3-2-11-25-13-14)21-20-19-18(10-12-26-23(19)33-21)29(24(31)28-20)15-6-8-17(9-7-15)32-16-4-1-5-16/h6-10,12,14,16,25H,1-5,11,13H2,(H,27,30)(H,28,31)/t14-/m1/s1. The molecule has 3 amide bonds. The molecule has 8 nitrogen and oxygen atoms in total. The Bertz CT molecular complexity index is 1210. The van der Waals surface area contributed by atoms with Gasteiger partial charge in [0.15, 0.2) is 0 Å². The van der Waals surface area contributed by atoms with E-state index in [2.05, 4.69) is 20.9 Å². The lowest BCUT2D eigenvalue weighted by Gasteiger charge is -2.29. The van der Waals surface area contributed by atoms with Gasteiger partial charge in [0.1, 0.15) is 15.5 Å². The molecule has 0 radical (unpaired) electrons. The molecular weight excluding hydrogens is 438 g/mol. The minimum absolute atomic E-state index is 0.0903. The van der Waals surface area contributed by atoms with E-state index in [4.69, 9.17) is 4.74 Å². The Morgan fingerprint density at radius 2 is 2.00 bits per heavy atom. The first-order valence-electron chi connectivity index (χ1n) is 11.5. The molecule has 1 saturated carbocycles. The van der Waals surface area contributed by atoms with Gasteiger partial charge in [-0.25, -0.2) is 9.78 Å². The summed E-state index contributed by atoms with van der Waals surface area (Å²) in [5, 5.41) is 10.2. The first-order chi connectivity index (χ1) is 16.2. The van der Waals surface area contributed by atoms with Crippen molar-refractivity contribution >= 4 is 50.6 Å². The molecule has 0 spiro atoms. The topological polar surface area (TPSA) is 95.6 Å². The van der Waals surface area contributed by atoms with E-state index >= 15 is 0 Å². The number of piperidine rings is 1. The Balaban J connectivity index is 1.32. The monoisotopic (exact) mass is 463 g/mol. The summed E-state index contributed by atoms with van der Waals surface area (Å²) in [6.45, 7) is 1.74. The van der Waals surface area contributed by atoms with Crippen LogP contribution < -0.4 is 25.6 Å². The predicted octanol–water partition coefficient (Wildman–Crippen LogP) is 4.39. The van der Waals surface area contributed by atoms with Crippen molar-refractivity contribution in [2.24, 2.45) is 0 Å². The van der Waals surface area contributed by atoms with Gasteiger partial charge in [-0.05, 0) is 69.0 Å². The van der Waals surface area contributed by atoms with Crippen LogP contribution in [0, 0.1) is 0 Å². The largest absolute Gasteiger partial charge is 0.490 e. The van der Waals surface area contributed by atoms with Crippen molar-refractivity contribution in [2.45, 2.75) is 44.2 Å². The zero-order chi connectivity index (χ0) is 22.4. The van der Waals surface area contributed by atoms with Gasteiger partial charge in [0, 0.05) is 18.8 Å². The Morgan fingerprint density at radius 1 is 1.15 bits per heavy atom. The summed E-state index contributed by atoms with van der Waals surface area (Å²) in [5.74, 6) is 0.645. The smallest absolute Gasteiger partial charge is 0.331 e. The summed E-state index contributed by atoms with van der Waals surface area (Å²) < 4.78 is 5.95. The highest BCUT2D eigenvalue weighted by molar-refractivity contribution is 7.21. The van der Waals surface area contributed by atoms with Crippen LogP contribution in [0.3, 0.4) is 0 Å². The van der Waals surface area contributed by atoms with Gasteiger partial charge in [-0.3, -0.25) is 9.69 Å². The van der Waals surface area contributed by atoms with Crippen LogP contribution in [0.25, 0.3) is 10.2 Å². The highest BCUT2D eigenvalue weighted by Crippen LogP contribution is 2.45. The summed E-state index contributed by atoms with van der Waals surface area (Å²) >= 11 is 1.31. The lowest BCUT2D eigenvalue weighted by molar-refractivity contribution is 0.0935. The number of nitrogens with one attached hydrogen (secondary N) is 3. The Morgan fingerprint density at radius 3 is 2.73 bits per heavy atom. The maximum atomic E-state index is 13.2. The third-order valence-corrected chi connectivity index (χ3v) is 7.63. The third-order valence-electron chi connectivity index (χ3n) is 6.53. The second-order valence-electron chi connectivity index (χ2n) is 8.76. The Kier molecular flexibility index (Phi) is 5.15. The molecular formula is C24H25N5O3S. The first-order valence-corrected chi connectivity index (χ1v) is 12.3. The molecule has 4 heterocycles. The van der Waals surface area contributed by atoms with Gasteiger partial charge in [-0.2, -0.15) is 0 Å². The van der Waals surface area contributed by atoms with Gasteiger partial charge < -0.3 is 20.7 Å². The number of thiophene rings is 1. The van der Waals surface area contributed by atoms with Crippen molar-refractivity contribution in [3.8, 4) is 5.75 Å². The van der Waals surface area contributed by atoms with E-state index in [0.717, 1.165) is 66.1 Å². The zero-order valence-corrected chi connectivity index (χ0v) is 18.9. The summed E-state index contributed by atoms with van der Waals surface area (Å²) in [7, 11) is 0. The molecule has 3 aliphatic rings. The molecule has 0 unspecified atom stereocenters. The predicted molar refractivity (Wildman–Crippen MR) is 129 cm³/mol. The van der Waals surface area contributed by atoms with E-state index < -0.39 is 0 Å². The van der Waals surface area contributed by atoms with Gasteiger partial charge in [-0.15, -0.1) is 11.3 Å². The zero-order valence-electron chi connectivity index (χ0n) is 18.1. The number of aromatic nitrogens is 1. The molecule has 170 valence electrons. The van der Waals surface area contributed by atoms with Crippen LogP contribution in [-0.2, 0) is 0 Å². The molecule has 33 heavy (non-hydrogen) atoms. The van der Waals surface area contributed by atoms with E-state index in [0.29, 0.717) is 16.7 Å². The maximum Gasteiger partial charge on any atom is 0.331 e. The number of amides is 3. The summed E-state index contributed by atoms with van der Waals surface area (Å²) in [5.41, 5.74) is 2.00. The maximum absolute atomic E-state index is 13.2. The molecule has 1 saturated heterocycles. The number of pyridine rings is 1. The van der Waals surface area contributed by atoms with Crippen LogP contribution in [0.15, 0.2) is 36.5 Å². The molecule has 1 atom stereocenters. The normalized spacial score (nSPS) is 20.3. The fraction of sp³-hybridized carbons (Fsp3) is 0.375. The van der Waals surface area contributed by atoms with Crippen LogP contribution in [-0.4, -0.2) is 42.2 Å². The Hall–Kier alpha value is -3.17. The van der Waals surface area contributed by atoms with E-state index in [1.807, 2.05) is 30.3 Å². The molecule has 2 aliphatic heterocycles. The van der Waals surface area contributed by atoms with E-state index in [1.165, 1.54) is 17.8 Å². The minimum Gasteiger partial charge on any atom is -0.490 e. The SMILES string of the molecule is O=C(N[C@@H]1CCCNC1)c1sc2nccc3c2c1NC(=O)N3c1ccc(OC2CCC2)cc1. The number of hydrogen-bond acceptors (Lipinski definition) is 6. The number of hydrogen-bond donors (Lipinski definition) is 3. The second-order valence-corrected chi connectivity index (χ2v) is 9.76. The van der Waals surface area contributed by atoms with Crippen LogP contribution >= 0.6 is 11.3 Å². The van der Waals surface area contributed by atoms with Gasteiger partial charge in [-0.1, -0.05) is 0 Å². The lowest BCUT2D eigenvalue weighted by atomic mass is 9.96. The van der Waals surface area contributed by atoms with Gasteiger partial charge in [0.2, 0.25) is 0 Å². The molecule has 1 aromatic carbocycles. The van der Waals surface area contributed by atoms with Crippen LogP contribution in [0.5, 0.6) is 5.75 Å². The van der Waals surface area contributed by atoms with Crippen molar-refractivity contribution in [1.82, 2.24) is 15.6 Å². The van der Waals surface area contributed by atoms with Crippen LogP contribution in [0.2, 0.25) is 0 Å². The molecule has 2 aromatic heterocycles. The van der Waals surface area contributed by atoms with Crippen LogP contribution in [0.1, 0.15) is 41.8 Å². The second kappa shape index (κ2) is 8.31.